The normalized spacial score (nSPS) is 22.9. The predicted octanol–water partition coefficient (Wildman–Crippen LogP) is 1.81. The zero-order valence-electron chi connectivity index (χ0n) is 12.1. The van der Waals surface area contributed by atoms with E-state index in [1.807, 2.05) is 0 Å². The summed E-state index contributed by atoms with van der Waals surface area (Å²) in [6, 6.07) is 0.703. The minimum Gasteiger partial charge on any atom is -0.396 e. The highest BCUT2D eigenvalue weighted by Gasteiger charge is 2.28. The number of aliphatic hydroxyl groups excluding tert-OH is 1. The third-order valence-corrected chi connectivity index (χ3v) is 4.18. The summed E-state index contributed by atoms with van der Waals surface area (Å²) in [7, 11) is 4.42. The van der Waals surface area contributed by atoms with Gasteiger partial charge in [-0.2, -0.15) is 0 Å². The first-order valence-corrected chi connectivity index (χ1v) is 7.00. The summed E-state index contributed by atoms with van der Waals surface area (Å²) in [4.78, 5) is 4.88. The van der Waals surface area contributed by atoms with Crippen LogP contribution in [0.3, 0.4) is 0 Å². The molecule has 1 N–H and O–H groups in total. The fraction of sp³-hybridized carbons (Fsp3) is 1.00. The summed E-state index contributed by atoms with van der Waals surface area (Å²) in [5.74, 6) is 0. The Bertz CT molecular complexity index is 214. The molecule has 0 spiro atoms. The van der Waals surface area contributed by atoms with Crippen LogP contribution in [0.1, 0.15) is 39.5 Å². The Morgan fingerprint density at radius 3 is 2.41 bits per heavy atom. The van der Waals surface area contributed by atoms with Crippen molar-refractivity contribution in [3.8, 4) is 0 Å². The van der Waals surface area contributed by atoms with E-state index in [0.717, 1.165) is 19.4 Å². The first-order chi connectivity index (χ1) is 8.00. The molecule has 0 amide bonds. The average molecular weight is 242 g/mol. The molecule has 1 aliphatic heterocycles. The lowest BCUT2D eigenvalue weighted by atomic mass is 9.85. The number of nitrogens with zero attached hydrogens (tertiary/aromatic N) is 2. The first-order valence-electron chi connectivity index (χ1n) is 7.00. The van der Waals surface area contributed by atoms with Gasteiger partial charge in [0.15, 0.2) is 0 Å². The van der Waals surface area contributed by atoms with Crippen LogP contribution in [0.2, 0.25) is 0 Å². The van der Waals surface area contributed by atoms with Crippen LogP contribution in [0.15, 0.2) is 0 Å². The van der Waals surface area contributed by atoms with E-state index in [4.69, 9.17) is 0 Å². The van der Waals surface area contributed by atoms with Gasteiger partial charge in [0.2, 0.25) is 0 Å². The molecule has 0 bridgehead atoms. The van der Waals surface area contributed by atoms with Crippen LogP contribution in [-0.4, -0.2) is 61.3 Å². The Kier molecular flexibility index (Phi) is 5.90. The lowest BCUT2D eigenvalue weighted by Gasteiger charge is -2.39. The molecule has 102 valence electrons. The summed E-state index contributed by atoms with van der Waals surface area (Å²) >= 11 is 0. The van der Waals surface area contributed by atoms with Crippen LogP contribution >= 0.6 is 0 Å². The highest BCUT2D eigenvalue weighted by atomic mass is 16.3. The van der Waals surface area contributed by atoms with Crippen LogP contribution in [0.5, 0.6) is 0 Å². The Morgan fingerprint density at radius 1 is 1.35 bits per heavy atom. The van der Waals surface area contributed by atoms with Crippen LogP contribution in [0.25, 0.3) is 0 Å². The molecule has 3 heteroatoms. The topological polar surface area (TPSA) is 26.7 Å². The highest BCUT2D eigenvalue weighted by Crippen LogP contribution is 2.26. The molecule has 0 aromatic heterocycles. The number of aliphatic hydroxyl groups is 1. The van der Waals surface area contributed by atoms with Gasteiger partial charge in [0.05, 0.1) is 0 Å². The maximum atomic E-state index is 9.57. The van der Waals surface area contributed by atoms with Gasteiger partial charge >= 0.3 is 0 Å². The largest absolute Gasteiger partial charge is 0.396 e. The predicted molar refractivity (Wildman–Crippen MR) is 73.2 cm³/mol. The van der Waals surface area contributed by atoms with Crippen molar-refractivity contribution in [3.05, 3.63) is 0 Å². The van der Waals surface area contributed by atoms with Gasteiger partial charge in [-0.15, -0.1) is 0 Å². The smallest absolute Gasteiger partial charge is 0.0497 e. The Morgan fingerprint density at radius 2 is 1.94 bits per heavy atom. The number of hydrogen-bond donors (Lipinski definition) is 1. The second-order valence-electron chi connectivity index (χ2n) is 6.17. The van der Waals surface area contributed by atoms with Crippen LogP contribution in [0, 0.1) is 5.41 Å². The third-order valence-electron chi connectivity index (χ3n) is 4.18. The third kappa shape index (κ3) is 4.57. The molecular formula is C14H30N2O. The molecule has 1 rings (SSSR count). The molecule has 0 aliphatic carbocycles. The van der Waals surface area contributed by atoms with Gasteiger partial charge in [-0.05, 0) is 46.4 Å². The molecule has 1 saturated heterocycles. The van der Waals surface area contributed by atoms with E-state index >= 15 is 0 Å². The van der Waals surface area contributed by atoms with Gasteiger partial charge in [-0.1, -0.05) is 20.3 Å². The standard InChI is InChI=1S/C14H30N2O/c1-5-8-14(2,12-17)11-16(4)13-6-9-15(3)10-7-13/h13,17H,5-12H2,1-4H3. The maximum absolute atomic E-state index is 9.57. The second-order valence-corrected chi connectivity index (χ2v) is 6.17. The Balaban J connectivity index is 2.44. The molecule has 17 heavy (non-hydrogen) atoms. The zero-order chi connectivity index (χ0) is 12.9. The first kappa shape index (κ1) is 14.9. The Hall–Kier alpha value is -0.120. The van der Waals surface area contributed by atoms with E-state index in [1.54, 1.807) is 0 Å². The summed E-state index contributed by atoms with van der Waals surface area (Å²) in [6.45, 7) is 8.15. The van der Waals surface area contributed by atoms with E-state index in [9.17, 15) is 5.11 Å². The van der Waals surface area contributed by atoms with E-state index in [0.29, 0.717) is 12.6 Å². The lowest BCUT2D eigenvalue weighted by molar-refractivity contribution is 0.0556. The summed E-state index contributed by atoms with van der Waals surface area (Å²) in [5.41, 5.74) is 0.0762. The van der Waals surface area contributed by atoms with Crippen molar-refractivity contribution in [2.24, 2.45) is 5.41 Å². The molecule has 0 aromatic carbocycles. The molecule has 0 radical (unpaired) electrons. The highest BCUT2D eigenvalue weighted by molar-refractivity contribution is 4.82. The van der Waals surface area contributed by atoms with E-state index < -0.39 is 0 Å². The molecule has 1 fully saturated rings. The maximum Gasteiger partial charge on any atom is 0.0497 e. The summed E-state index contributed by atoms with van der Waals surface area (Å²) < 4.78 is 0. The van der Waals surface area contributed by atoms with E-state index in [2.05, 4.69) is 37.7 Å². The average Bonchev–Trinajstić information content (AvgIpc) is 2.30. The molecule has 1 heterocycles. The molecule has 1 aliphatic rings. The fourth-order valence-corrected chi connectivity index (χ4v) is 2.98. The van der Waals surface area contributed by atoms with Gasteiger partial charge in [-0.3, -0.25) is 0 Å². The van der Waals surface area contributed by atoms with Gasteiger partial charge in [0.1, 0.15) is 0 Å². The minimum atomic E-state index is 0.0762. The fourth-order valence-electron chi connectivity index (χ4n) is 2.98. The quantitative estimate of drug-likeness (QED) is 0.769. The van der Waals surface area contributed by atoms with E-state index in [-0.39, 0.29) is 5.41 Å². The molecule has 0 saturated carbocycles. The van der Waals surface area contributed by atoms with Crippen LogP contribution in [-0.2, 0) is 0 Å². The lowest BCUT2D eigenvalue weighted by Crippen LogP contribution is -2.46. The second kappa shape index (κ2) is 6.72. The molecule has 1 atom stereocenters. The van der Waals surface area contributed by atoms with Crippen molar-refractivity contribution in [2.75, 3.05) is 40.3 Å². The van der Waals surface area contributed by atoms with Gasteiger partial charge in [-0.25, -0.2) is 0 Å². The van der Waals surface area contributed by atoms with E-state index in [1.165, 1.54) is 25.9 Å². The zero-order valence-corrected chi connectivity index (χ0v) is 12.1. The van der Waals surface area contributed by atoms with Crippen molar-refractivity contribution in [2.45, 2.75) is 45.6 Å². The van der Waals surface area contributed by atoms with Gasteiger partial charge in [0, 0.05) is 24.6 Å². The minimum absolute atomic E-state index is 0.0762. The number of likely N-dealkylation sites (tertiary alicyclic amines) is 1. The van der Waals surface area contributed by atoms with Crippen molar-refractivity contribution < 1.29 is 5.11 Å². The Labute approximate surface area is 107 Å². The molecule has 0 aromatic rings. The number of hydrogen-bond acceptors (Lipinski definition) is 3. The molecule has 1 unspecified atom stereocenters. The van der Waals surface area contributed by atoms with Crippen molar-refractivity contribution >= 4 is 0 Å². The molecular weight excluding hydrogens is 212 g/mol. The SMILES string of the molecule is CCCC(C)(CO)CN(C)C1CCN(C)CC1. The number of piperidine rings is 1. The van der Waals surface area contributed by atoms with Crippen molar-refractivity contribution in [1.29, 1.82) is 0 Å². The van der Waals surface area contributed by atoms with Crippen LogP contribution in [0.4, 0.5) is 0 Å². The van der Waals surface area contributed by atoms with Crippen molar-refractivity contribution in [1.82, 2.24) is 9.80 Å². The van der Waals surface area contributed by atoms with Gasteiger partial charge < -0.3 is 14.9 Å². The molecule has 3 nitrogen and oxygen atoms in total. The van der Waals surface area contributed by atoms with Crippen molar-refractivity contribution in [3.63, 3.8) is 0 Å². The van der Waals surface area contributed by atoms with Crippen LogP contribution < -0.4 is 0 Å². The van der Waals surface area contributed by atoms with Gasteiger partial charge in [0.25, 0.3) is 0 Å². The monoisotopic (exact) mass is 242 g/mol. The summed E-state index contributed by atoms with van der Waals surface area (Å²) in [5, 5.41) is 9.57. The number of rotatable bonds is 6. The summed E-state index contributed by atoms with van der Waals surface area (Å²) in [6.07, 6.45) is 4.79.